The lowest BCUT2D eigenvalue weighted by atomic mass is 9.95. The molecule has 5 heteroatoms. The average molecular weight is 564 g/mol. The van der Waals surface area contributed by atoms with Crippen LogP contribution in [-0.4, -0.2) is 15.0 Å². The molecule has 0 aliphatic carbocycles. The minimum Gasteiger partial charge on any atom is -0.455 e. The van der Waals surface area contributed by atoms with Crippen LogP contribution in [0.2, 0.25) is 0 Å². The van der Waals surface area contributed by atoms with Gasteiger partial charge in [-0.1, -0.05) is 115 Å². The SMILES string of the molecule is c1ccc(-c2nc(-c3nc4c5ccccc5c5oc6ccccc6c5c4c4ccccc34)nc3oc4ccccc4c23)cc1. The number of hydrogen-bond donors (Lipinski definition) is 0. The number of rotatable bonds is 2. The molecule has 0 amide bonds. The molecule has 204 valence electrons. The highest BCUT2D eigenvalue weighted by atomic mass is 16.3. The molecule has 0 N–H and O–H groups in total. The monoisotopic (exact) mass is 563 g/mol. The third-order valence-corrected chi connectivity index (χ3v) is 8.68. The van der Waals surface area contributed by atoms with Crippen molar-refractivity contribution >= 4 is 76.5 Å². The van der Waals surface area contributed by atoms with E-state index in [1.165, 1.54) is 0 Å². The van der Waals surface area contributed by atoms with Crippen molar-refractivity contribution in [1.29, 1.82) is 0 Å². The van der Waals surface area contributed by atoms with Gasteiger partial charge in [-0.2, -0.15) is 4.98 Å². The van der Waals surface area contributed by atoms with Crippen LogP contribution in [-0.2, 0) is 0 Å². The maximum atomic E-state index is 6.51. The fourth-order valence-electron chi connectivity index (χ4n) is 6.79. The first kappa shape index (κ1) is 23.5. The summed E-state index contributed by atoms with van der Waals surface area (Å²) in [5.74, 6) is 0.523. The number of fused-ring (bicyclic) bond motifs is 13. The largest absolute Gasteiger partial charge is 0.455 e. The van der Waals surface area contributed by atoms with Crippen LogP contribution in [0.5, 0.6) is 0 Å². The van der Waals surface area contributed by atoms with Gasteiger partial charge in [0.05, 0.1) is 16.6 Å². The molecule has 44 heavy (non-hydrogen) atoms. The van der Waals surface area contributed by atoms with E-state index in [1.54, 1.807) is 0 Å². The Bertz CT molecular complexity index is 2780. The number of aromatic nitrogens is 3. The summed E-state index contributed by atoms with van der Waals surface area (Å²) >= 11 is 0. The maximum Gasteiger partial charge on any atom is 0.231 e. The minimum atomic E-state index is 0.523. The molecule has 0 saturated carbocycles. The zero-order valence-corrected chi connectivity index (χ0v) is 23.3. The molecule has 0 aliphatic rings. The van der Waals surface area contributed by atoms with Gasteiger partial charge in [-0.15, -0.1) is 0 Å². The van der Waals surface area contributed by atoms with Crippen LogP contribution in [0.25, 0.3) is 99.2 Å². The van der Waals surface area contributed by atoms with Crippen LogP contribution in [0.3, 0.4) is 0 Å². The second-order valence-electron chi connectivity index (χ2n) is 11.1. The summed E-state index contributed by atoms with van der Waals surface area (Å²) in [5, 5.41) is 9.19. The molecule has 0 fully saturated rings. The zero-order chi connectivity index (χ0) is 28.8. The lowest BCUT2D eigenvalue weighted by Gasteiger charge is -2.13. The third-order valence-electron chi connectivity index (χ3n) is 8.68. The highest BCUT2D eigenvalue weighted by Gasteiger charge is 2.23. The average Bonchev–Trinajstić information content (AvgIpc) is 3.67. The van der Waals surface area contributed by atoms with Gasteiger partial charge in [-0.3, -0.25) is 0 Å². The van der Waals surface area contributed by atoms with Gasteiger partial charge >= 0.3 is 0 Å². The Kier molecular flexibility index (Phi) is 4.66. The van der Waals surface area contributed by atoms with Crippen molar-refractivity contribution in [3.63, 3.8) is 0 Å². The van der Waals surface area contributed by atoms with Crippen LogP contribution in [0.15, 0.2) is 136 Å². The minimum absolute atomic E-state index is 0.523. The number of para-hydroxylation sites is 2. The molecule has 0 aliphatic heterocycles. The van der Waals surface area contributed by atoms with Crippen LogP contribution < -0.4 is 0 Å². The second-order valence-corrected chi connectivity index (χ2v) is 11.1. The van der Waals surface area contributed by atoms with E-state index in [0.717, 1.165) is 82.0 Å². The van der Waals surface area contributed by atoms with E-state index in [2.05, 4.69) is 66.7 Å². The Balaban J connectivity index is 1.40. The Hall–Kier alpha value is -6.07. The predicted octanol–water partition coefficient (Wildman–Crippen LogP) is 10.5. The summed E-state index contributed by atoms with van der Waals surface area (Å²) in [6, 6.07) is 43.2. The van der Waals surface area contributed by atoms with Crippen molar-refractivity contribution in [2.75, 3.05) is 0 Å². The molecule has 10 aromatic rings. The summed E-state index contributed by atoms with van der Waals surface area (Å²) in [6.07, 6.45) is 0. The van der Waals surface area contributed by atoms with Gasteiger partial charge in [-0.05, 0) is 17.5 Å². The second kappa shape index (κ2) is 8.72. The van der Waals surface area contributed by atoms with Gasteiger partial charge in [0.25, 0.3) is 0 Å². The van der Waals surface area contributed by atoms with E-state index < -0.39 is 0 Å². The van der Waals surface area contributed by atoms with Crippen molar-refractivity contribution in [2.24, 2.45) is 0 Å². The topological polar surface area (TPSA) is 65.0 Å². The van der Waals surface area contributed by atoms with E-state index in [9.17, 15) is 0 Å². The van der Waals surface area contributed by atoms with Gasteiger partial charge in [0.1, 0.15) is 22.4 Å². The first-order chi connectivity index (χ1) is 21.8. The van der Waals surface area contributed by atoms with E-state index in [4.69, 9.17) is 23.8 Å². The van der Waals surface area contributed by atoms with Crippen LogP contribution >= 0.6 is 0 Å². The Morgan fingerprint density at radius 2 is 0.977 bits per heavy atom. The normalized spacial score (nSPS) is 12.1. The summed E-state index contributed by atoms with van der Waals surface area (Å²) < 4.78 is 12.9. The maximum absolute atomic E-state index is 6.51. The lowest BCUT2D eigenvalue weighted by Crippen LogP contribution is -1.98. The molecule has 4 heterocycles. The fraction of sp³-hybridized carbons (Fsp3) is 0. The van der Waals surface area contributed by atoms with Crippen molar-refractivity contribution in [1.82, 2.24) is 15.0 Å². The predicted molar refractivity (Wildman–Crippen MR) is 178 cm³/mol. The van der Waals surface area contributed by atoms with Crippen LogP contribution in [0.4, 0.5) is 0 Å². The molecule has 5 nitrogen and oxygen atoms in total. The highest BCUT2D eigenvalue weighted by Crippen LogP contribution is 2.45. The number of pyridine rings is 1. The van der Waals surface area contributed by atoms with E-state index in [-0.39, 0.29) is 0 Å². The van der Waals surface area contributed by atoms with E-state index in [1.807, 2.05) is 60.7 Å². The first-order valence-electron chi connectivity index (χ1n) is 14.6. The molecule has 0 atom stereocenters. The quantitative estimate of drug-likeness (QED) is 0.196. The van der Waals surface area contributed by atoms with E-state index in [0.29, 0.717) is 17.2 Å². The van der Waals surface area contributed by atoms with Crippen molar-refractivity contribution in [3.8, 4) is 22.8 Å². The van der Waals surface area contributed by atoms with Crippen LogP contribution in [0.1, 0.15) is 0 Å². The Morgan fingerprint density at radius 3 is 1.75 bits per heavy atom. The molecule has 0 spiro atoms. The summed E-state index contributed by atoms with van der Waals surface area (Å²) in [6.45, 7) is 0. The molecule has 4 aromatic heterocycles. The number of benzene rings is 6. The number of hydrogen-bond acceptors (Lipinski definition) is 5. The highest BCUT2D eigenvalue weighted by molar-refractivity contribution is 6.35. The van der Waals surface area contributed by atoms with Gasteiger partial charge in [-0.25, -0.2) is 9.97 Å². The molecular formula is C39H21N3O2. The molecule has 0 unspecified atom stereocenters. The van der Waals surface area contributed by atoms with Crippen molar-refractivity contribution in [3.05, 3.63) is 127 Å². The molecule has 6 aromatic carbocycles. The molecular weight excluding hydrogens is 542 g/mol. The lowest BCUT2D eigenvalue weighted by molar-refractivity contribution is 0.653. The van der Waals surface area contributed by atoms with Gasteiger partial charge in [0, 0.05) is 43.3 Å². The standard InChI is InChI=1S/C39H21N3O2/c1-2-12-22(13-3-1)34-33-28-19-9-11-21-30(28)44-39(33)42-38(41-34)36-24-15-5-4-14-23(24)31-32-27-18-8-10-20-29(27)43-37(32)26-17-7-6-16-25(26)35(31)40-36/h1-21H. The van der Waals surface area contributed by atoms with Crippen molar-refractivity contribution < 1.29 is 8.83 Å². The molecule has 0 radical (unpaired) electrons. The molecule has 0 saturated heterocycles. The van der Waals surface area contributed by atoms with Gasteiger partial charge in [0.15, 0.2) is 5.82 Å². The summed E-state index contributed by atoms with van der Waals surface area (Å²) in [4.78, 5) is 15.7. The smallest absolute Gasteiger partial charge is 0.231 e. The Morgan fingerprint density at radius 1 is 0.386 bits per heavy atom. The first-order valence-corrected chi connectivity index (χ1v) is 14.6. The van der Waals surface area contributed by atoms with Gasteiger partial charge in [0.2, 0.25) is 5.71 Å². The summed E-state index contributed by atoms with van der Waals surface area (Å²) in [5.41, 5.74) is 6.48. The molecule has 0 bridgehead atoms. The zero-order valence-electron chi connectivity index (χ0n) is 23.3. The van der Waals surface area contributed by atoms with E-state index >= 15 is 0 Å². The molecule has 10 rings (SSSR count). The van der Waals surface area contributed by atoms with Crippen LogP contribution in [0, 0.1) is 0 Å². The Labute approximate surface area is 250 Å². The third kappa shape index (κ3) is 3.15. The number of furan rings is 2. The number of nitrogens with zero attached hydrogens (tertiary/aromatic N) is 3. The van der Waals surface area contributed by atoms with Gasteiger partial charge < -0.3 is 8.83 Å². The fourth-order valence-corrected chi connectivity index (χ4v) is 6.79. The van der Waals surface area contributed by atoms with Crippen molar-refractivity contribution in [2.45, 2.75) is 0 Å². The summed E-state index contributed by atoms with van der Waals surface area (Å²) in [7, 11) is 0.